The SMILES string of the molecule is C=N/C(Cl)=C\C=C(/C)C(F)(F)F. The van der Waals surface area contributed by atoms with Crippen molar-refractivity contribution in [3.8, 4) is 0 Å². The van der Waals surface area contributed by atoms with E-state index in [1.165, 1.54) is 0 Å². The molecule has 0 aromatic rings. The highest BCUT2D eigenvalue weighted by Crippen LogP contribution is 2.24. The second-order valence-electron chi connectivity index (χ2n) is 1.99. The van der Waals surface area contributed by atoms with Gasteiger partial charge in [0.2, 0.25) is 0 Å². The van der Waals surface area contributed by atoms with Gasteiger partial charge >= 0.3 is 6.18 Å². The molecule has 0 spiro atoms. The summed E-state index contributed by atoms with van der Waals surface area (Å²) in [4.78, 5) is 3.21. The lowest BCUT2D eigenvalue weighted by molar-refractivity contribution is -0.0912. The number of halogens is 4. The molecule has 0 aromatic heterocycles. The topological polar surface area (TPSA) is 12.4 Å². The number of nitrogens with zero attached hydrogens (tertiary/aromatic N) is 1. The van der Waals surface area contributed by atoms with Crippen molar-refractivity contribution < 1.29 is 13.2 Å². The van der Waals surface area contributed by atoms with E-state index in [-0.39, 0.29) is 5.16 Å². The molecule has 0 radical (unpaired) electrons. The lowest BCUT2D eigenvalue weighted by Crippen LogP contribution is -2.08. The highest BCUT2D eigenvalue weighted by molar-refractivity contribution is 6.29. The van der Waals surface area contributed by atoms with Crippen LogP contribution in [0.25, 0.3) is 0 Å². The van der Waals surface area contributed by atoms with E-state index in [0.717, 1.165) is 19.1 Å². The van der Waals surface area contributed by atoms with Gasteiger partial charge in [0.15, 0.2) is 0 Å². The molecule has 0 atom stereocenters. The van der Waals surface area contributed by atoms with Gasteiger partial charge in [0.05, 0.1) is 0 Å². The zero-order valence-electron chi connectivity index (χ0n) is 6.32. The third-order valence-corrected chi connectivity index (χ3v) is 1.31. The van der Waals surface area contributed by atoms with Gasteiger partial charge in [-0.15, -0.1) is 0 Å². The number of allylic oxidation sites excluding steroid dienone is 3. The van der Waals surface area contributed by atoms with E-state index in [2.05, 4.69) is 11.7 Å². The summed E-state index contributed by atoms with van der Waals surface area (Å²) in [5.41, 5.74) is -0.732. The number of hydrogen-bond acceptors (Lipinski definition) is 1. The summed E-state index contributed by atoms with van der Waals surface area (Å²) in [6, 6.07) is 0. The third kappa shape index (κ3) is 4.18. The maximum Gasteiger partial charge on any atom is 0.412 e. The largest absolute Gasteiger partial charge is 0.412 e. The summed E-state index contributed by atoms with van der Waals surface area (Å²) >= 11 is 5.28. The molecule has 5 heteroatoms. The van der Waals surface area contributed by atoms with Crippen molar-refractivity contribution in [2.45, 2.75) is 13.1 Å². The predicted octanol–water partition coefficient (Wildman–Crippen LogP) is 3.28. The first-order valence-electron chi connectivity index (χ1n) is 2.96. The van der Waals surface area contributed by atoms with Crippen molar-refractivity contribution in [2.75, 3.05) is 0 Å². The van der Waals surface area contributed by atoms with Crippen LogP contribution < -0.4 is 0 Å². The molecule has 0 N–H and O–H groups in total. The summed E-state index contributed by atoms with van der Waals surface area (Å²) in [7, 11) is 0. The first-order chi connectivity index (χ1) is 5.38. The minimum Gasteiger partial charge on any atom is -0.252 e. The Hall–Kier alpha value is -0.770. The van der Waals surface area contributed by atoms with E-state index in [1.807, 2.05) is 0 Å². The van der Waals surface area contributed by atoms with E-state index < -0.39 is 11.7 Å². The Kier molecular flexibility index (Phi) is 4.03. The van der Waals surface area contributed by atoms with Crippen LogP contribution in [0.1, 0.15) is 6.92 Å². The molecule has 0 fully saturated rings. The summed E-state index contributed by atoms with van der Waals surface area (Å²) in [6.07, 6.45) is -2.43. The van der Waals surface area contributed by atoms with Crippen LogP contribution in [-0.4, -0.2) is 12.9 Å². The Bertz CT molecular complexity index is 227. The fraction of sp³-hybridized carbons (Fsp3) is 0.286. The Morgan fingerprint density at radius 3 is 2.25 bits per heavy atom. The summed E-state index contributed by atoms with van der Waals surface area (Å²) in [5.74, 6) is 0. The van der Waals surface area contributed by atoms with Gasteiger partial charge in [0.1, 0.15) is 5.16 Å². The van der Waals surface area contributed by atoms with E-state index in [0.29, 0.717) is 0 Å². The molecule has 0 saturated carbocycles. The molecule has 0 aliphatic heterocycles. The molecule has 12 heavy (non-hydrogen) atoms. The van der Waals surface area contributed by atoms with Crippen LogP contribution in [0.4, 0.5) is 13.2 Å². The van der Waals surface area contributed by atoms with Crippen LogP contribution in [0.15, 0.2) is 27.9 Å². The van der Waals surface area contributed by atoms with Crippen LogP contribution in [0, 0.1) is 0 Å². The fourth-order valence-electron chi connectivity index (χ4n) is 0.341. The molecule has 0 saturated heterocycles. The van der Waals surface area contributed by atoms with Gasteiger partial charge in [-0.25, -0.2) is 0 Å². The van der Waals surface area contributed by atoms with E-state index in [4.69, 9.17) is 11.6 Å². The molecule has 0 heterocycles. The summed E-state index contributed by atoms with van der Waals surface area (Å²) < 4.78 is 35.4. The average molecular weight is 198 g/mol. The minimum atomic E-state index is -4.31. The maximum absolute atomic E-state index is 11.8. The number of hydrogen-bond donors (Lipinski definition) is 0. The molecule has 0 bridgehead atoms. The molecule has 0 aromatic carbocycles. The maximum atomic E-state index is 11.8. The Morgan fingerprint density at radius 1 is 1.42 bits per heavy atom. The van der Waals surface area contributed by atoms with E-state index >= 15 is 0 Å². The Balaban J connectivity index is 4.49. The number of alkyl halides is 3. The van der Waals surface area contributed by atoms with E-state index in [9.17, 15) is 13.2 Å². The zero-order chi connectivity index (χ0) is 9.78. The standard InChI is InChI=1S/C7H7ClF3N/c1-5(7(9,10)11)3-4-6(8)12-2/h3-4H,2H2,1H3/b5-3+,6-4-. The average Bonchev–Trinajstić information content (AvgIpc) is 1.97. The Labute approximate surface area is 73.2 Å². The first-order valence-corrected chi connectivity index (χ1v) is 3.33. The van der Waals surface area contributed by atoms with E-state index in [1.54, 1.807) is 0 Å². The lowest BCUT2D eigenvalue weighted by Gasteiger charge is -2.03. The molecular formula is C7H7ClF3N. The quantitative estimate of drug-likeness (QED) is 0.366. The zero-order valence-corrected chi connectivity index (χ0v) is 7.08. The summed E-state index contributed by atoms with van der Waals surface area (Å²) in [6.45, 7) is 3.99. The monoisotopic (exact) mass is 197 g/mol. The molecule has 68 valence electrons. The van der Waals surface area contributed by atoms with Crippen molar-refractivity contribution in [1.29, 1.82) is 0 Å². The van der Waals surface area contributed by atoms with Gasteiger partial charge in [-0.05, 0) is 19.7 Å². The molecule has 0 rings (SSSR count). The van der Waals surface area contributed by atoms with Crippen molar-refractivity contribution >= 4 is 18.3 Å². The van der Waals surface area contributed by atoms with Gasteiger partial charge in [0.25, 0.3) is 0 Å². The molecule has 0 aliphatic carbocycles. The molecule has 0 unspecified atom stereocenters. The molecule has 0 amide bonds. The van der Waals surface area contributed by atoms with Gasteiger partial charge in [-0.1, -0.05) is 17.7 Å². The van der Waals surface area contributed by atoms with Crippen LogP contribution in [-0.2, 0) is 0 Å². The molecular weight excluding hydrogens is 191 g/mol. The lowest BCUT2D eigenvalue weighted by atomic mass is 10.3. The van der Waals surface area contributed by atoms with Crippen molar-refractivity contribution in [2.24, 2.45) is 4.99 Å². The van der Waals surface area contributed by atoms with Gasteiger partial charge in [0, 0.05) is 5.57 Å². The predicted molar refractivity (Wildman–Crippen MR) is 43.3 cm³/mol. The van der Waals surface area contributed by atoms with Crippen molar-refractivity contribution in [1.82, 2.24) is 0 Å². The van der Waals surface area contributed by atoms with Gasteiger partial charge in [-0.2, -0.15) is 13.2 Å². The fourth-order valence-corrected chi connectivity index (χ4v) is 0.404. The number of rotatable bonds is 2. The van der Waals surface area contributed by atoms with Crippen molar-refractivity contribution in [3.63, 3.8) is 0 Å². The second kappa shape index (κ2) is 4.30. The highest BCUT2D eigenvalue weighted by Gasteiger charge is 2.29. The van der Waals surface area contributed by atoms with Crippen LogP contribution in [0.2, 0.25) is 0 Å². The number of aliphatic imine (C=N–C) groups is 1. The van der Waals surface area contributed by atoms with Crippen LogP contribution in [0.3, 0.4) is 0 Å². The van der Waals surface area contributed by atoms with Crippen molar-refractivity contribution in [3.05, 3.63) is 22.9 Å². The second-order valence-corrected chi connectivity index (χ2v) is 2.38. The first kappa shape index (κ1) is 11.2. The van der Waals surface area contributed by atoms with Crippen LogP contribution >= 0.6 is 11.6 Å². The Morgan fingerprint density at radius 2 is 1.92 bits per heavy atom. The van der Waals surface area contributed by atoms with Gasteiger partial charge in [-0.3, -0.25) is 4.99 Å². The summed E-state index contributed by atoms with van der Waals surface area (Å²) in [5, 5.41) is -0.0707. The highest BCUT2D eigenvalue weighted by atomic mass is 35.5. The van der Waals surface area contributed by atoms with Crippen LogP contribution in [0.5, 0.6) is 0 Å². The van der Waals surface area contributed by atoms with Gasteiger partial charge < -0.3 is 0 Å². The molecule has 1 nitrogen and oxygen atoms in total. The normalized spacial score (nSPS) is 14.8. The molecule has 0 aliphatic rings. The minimum absolute atomic E-state index is 0.0707. The third-order valence-electron chi connectivity index (χ3n) is 1.07. The smallest absolute Gasteiger partial charge is 0.252 e.